The highest BCUT2D eigenvalue weighted by Crippen LogP contribution is 2.41. The fourth-order valence-electron chi connectivity index (χ4n) is 5.23. The molecule has 4 rings (SSSR count). The second kappa shape index (κ2) is 12.5. The summed E-state index contributed by atoms with van der Waals surface area (Å²) in [5.41, 5.74) is 3.99. The molecule has 7 nitrogen and oxygen atoms in total. The summed E-state index contributed by atoms with van der Waals surface area (Å²) < 4.78 is 5.28. The lowest BCUT2D eigenvalue weighted by atomic mass is 9.69. The van der Waals surface area contributed by atoms with Crippen LogP contribution in [0.2, 0.25) is 0 Å². The van der Waals surface area contributed by atoms with E-state index in [1.165, 1.54) is 11.1 Å². The Morgan fingerprint density at radius 2 is 1.73 bits per heavy atom. The number of carbonyl (C=O) groups excluding carboxylic acids is 2. The molecule has 1 saturated heterocycles. The number of ether oxygens (including phenoxy) is 1. The molecule has 0 unspecified atom stereocenters. The maximum Gasteiger partial charge on any atom is 0.407 e. The van der Waals surface area contributed by atoms with Crippen molar-refractivity contribution in [3.8, 4) is 0 Å². The minimum absolute atomic E-state index is 0.0427. The van der Waals surface area contributed by atoms with Crippen LogP contribution in [0.5, 0.6) is 0 Å². The molecule has 2 aliphatic rings. The Bertz CT molecular complexity index is 1040. The van der Waals surface area contributed by atoms with Crippen LogP contribution < -0.4 is 5.32 Å². The summed E-state index contributed by atoms with van der Waals surface area (Å²) in [5, 5.41) is 2.71. The molecule has 3 heterocycles. The number of alkyl carbamates (subject to hydrolysis) is 1. The lowest BCUT2D eigenvalue weighted by Gasteiger charge is -2.48. The third-order valence-electron chi connectivity index (χ3n) is 6.94. The Kier molecular flexibility index (Phi) is 9.71. The van der Waals surface area contributed by atoms with Gasteiger partial charge in [0.2, 0.25) is 5.91 Å². The topological polar surface area (TPSA) is 74.8 Å². The second-order valence-corrected chi connectivity index (χ2v) is 10.9. The van der Waals surface area contributed by atoms with E-state index in [2.05, 4.69) is 52.7 Å². The first kappa shape index (κ1) is 28.6. The number of nitrogens with zero attached hydrogens (tertiary/aromatic N) is 3. The van der Waals surface area contributed by atoms with E-state index >= 15 is 0 Å². The molecular weight excluding hydrogens is 464 g/mol. The van der Waals surface area contributed by atoms with Gasteiger partial charge in [-0.2, -0.15) is 0 Å². The molecule has 0 radical (unpaired) electrons. The van der Waals surface area contributed by atoms with Crippen molar-refractivity contribution in [2.45, 2.75) is 84.9 Å². The summed E-state index contributed by atoms with van der Waals surface area (Å²) >= 11 is 0. The summed E-state index contributed by atoms with van der Waals surface area (Å²) in [6, 6.07) is 14.9. The molecule has 0 bridgehead atoms. The predicted octanol–water partition coefficient (Wildman–Crippen LogP) is 5.21. The zero-order valence-electron chi connectivity index (χ0n) is 23.5. The average Bonchev–Trinajstić information content (AvgIpc) is 2.86. The molecular formula is C30H44N4O3. The van der Waals surface area contributed by atoms with Crippen LogP contribution in [0, 0.1) is 6.92 Å². The molecule has 1 N–H and O–H groups in total. The third kappa shape index (κ3) is 7.78. The summed E-state index contributed by atoms with van der Waals surface area (Å²) in [4.78, 5) is 34.4. The van der Waals surface area contributed by atoms with Crippen LogP contribution in [0.25, 0.3) is 0 Å². The van der Waals surface area contributed by atoms with E-state index < -0.39 is 11.7 Å². The van der Waals surface area contributed by atoms with Gasteiger partial charge in [0.1, 0.15) is 5.60 Å². The summed E-state index contributed by atoms with van der Waals surface area (Å²) in [6.45, 7) is 15.9. The van der Waals surface area contributed by atoms with E-state index in [0.29, 0.717) is 13.1 Å². The lowest BCUT2D eigenvalue weighted by molar-refractivity contribution is -0.133. The monoisotopic (exact) mass is 508 g/mol. The lowest BCUT2D eigenvalue weighted by Crippen LogP contribution is -2.53. The first-order valence-electron chi connectivity index (χ1n) is 13.6. The van der Waals surface area contributed by atoms with Crippen molar-refractivity contribution in [2.75, 3.05) is 26.2 Å². The maximum atomic E-state index is 13.2. The first-order chi connectivity index (χ1) is 17.6. The van der Waals surface area contributed by atoms with Gasteiger partial charge >= 0.3 is 6.09 Å². The standard InChI is InChI=1S/C28H38N4O3.C2H6/c1-21-10-11-23-24(30-21)19-32(25(33)12-15-29-26(34)35-27(2,3)4)20-28(23)13-16-31(17-14-28)18-22-8-6-5-7-9-22;1-2/h5-11H,12-20H2,1-4H3,(H,29,34);1-2H3. The van der Waals surface area contributed by atoms with Gasteiger partial charge in [0.15, 0.2) is 0 Å². The molecule has 7 heteroatoms. The number of hydrogen-bond donors (Lipinski definition) is 1. The Hall–Kier alpha value is -2.93. The van der Waals surface area contributed by atoms with Gasteiger partial charge in [-0.1, -0.05) is 50.2 Å². The van der Waals surface area contributed by atoms with E-state index in [1.54, 1.807) is 0 Å². The highest BCUT2D eigenvalue weighted by Gasteiger charge is 2.43. The molecule has 2 aliphatic heterocycles. The highest BCUT2D eigenvalue weighted by atomic mass is 16.6. The quantitative estimate of drug-likeness (QED) is 0.600. The molecule has 0 saturated carbocycles. The number of aryl methyl sites for hydroxylation is 1. The van der Waals surface area contributed by atoms with Crippen LogP contribution in [-0.2, 0) is 28.0 Å². The number of fused-ring (bicyclic) bond motifs is 2. The van der Waals surface area contributed by atoms with E-state index in [1.807, 2.05) is 46.4 Å². The minimum atomic E-state index is -0.560. The zero-order valence-corrected chi connectivity index (χ0v) is 23.5. The largest absolute Gasteiger partial charge is 0.444 e. The summed E-state index contributed by atoms with van der Waals surface area (Å²) in [6.07, 6.45) is 1.75. The zero-order chi connectivity index (χ0) is 27.1. The van der Waals surface area contributed by atoms with Crippen molar-refractivity contribution in [3.05, 3.63) is 65.0 Å². The first-order valence-corrected chi connectivity index (χ1v) is 13.6. The molecule has 37 heavy (non-hydrogen) atoms. The maximum absolute atomic E-state index is 13.2. The Morgan fingerprint density at radius 1 is 1.05 bits per heavy atom. The van der Waals surface area contributed by atoms with E-state index in [4.69, 9.17) is 9.72 Å². The average molecular weight is 509 g/mol. The molecule has 0 atom stereocenters. The van der Waals surface area contributed by atoms with Gasteiger partial charge in [0.25, 0.3) is 0 Å². The number of nitrogens with one attached hydrogen (secondary N) is 1. The van der Waals surface area contributed by atoms with E-state index in [0.717, 1.165) is 43.9 Å². The number of piperidine rings is 1. The number of carbonyl (C=O) groups is 2. The minimum Gasteiger partial charge on any atom is -0.444 e. The van der Waals surface area contributed by atoms with Crippen LogP contribution >= 0.6 is 0 Å². The number of pyridine rings is 1. The van der Waals surface area contributed by atoms with Crippen LogP contribution in [0.4, 0.5) is 4.79 Å². The molecule has 2 amide bonds. The van der Waals surface area contributed by atoms with Crippen molar-refractivity contribution in [1.82, 2.24) is 20.1 Å². The Morgan fingerprint density at radius 3 is 2.38 bits per heavy atom. The molecule has 1 fully saturated rings. The van der Waals surface area contributed by atoms with Crippen molar-refractivity contribution in [3.63, 3.8) is 0 Å². The molecule has 202 valence electrons. The molecule has 1 spiro atoms. The molecule has 0 aliphatic carbocycles. The van der Waals surface area contributed by atoms with Crippen LogP contribution in [-0.4, -0.2) is 58.6 Å². The molecule has 2 aromatic rings. The van der Waals surface area contributed by atoms with Gasteiger partial charge in [0.05, 0.1) is 12.2 Å². The van der Waals surface area contributed by atoms with E-state index in [-0.39, 0.29) is 24.3 Å². The van der Waals surface area contributed by atoms with Gasteiger partial charge in [-0.3, -0.25) is 14.7 Å². The van der Waals surface area contributed by atoms with Gasteiger partial charge < -0.3 is 15.0 Å². The fourth-order valence-corrected chi connectivity index (χ4v) is 5.23. The van der Waals surface area contributed by atoms with Gasteiger partial charge in [-0.15, -0.1) is 0 Å². The smallest absolute Gasteiger partial charge is 0.407 e. The van der Waals surface area contributed by atoms with Gasteiger partial charge in [0, 0.05) is 37.2 Å². The van der Waals surface area contributed by atoms with E-state index in [9.17, 15) is 9.59 Å². The third-order valence-corrected chi connectivity index (χ3v) is 6.94. The highest BCUT2D eigenvalue weighted by molar-refractivity contribution is 5.78. The van der Waals surface area contributed by atoms with Crippen molar-refractivity contribution in [1.29, 1.82) is 0 Å². The van der Waals surface area contributed by atoms with Crippen LogP contribution in [0.1, 0.15) is 76.4 Å². The van der Waals surface area contributed by atoms with Crippen molar-refractivity contribution in [2.24, 2.45) is 0 Å². The number of likely N-dealkylation sites (tertiary alicyclic amines) is 1. The SMILES string of the molecule is CC.Cc1ccc2c(n1)CN(C(=O)CCNC(=O)OC(C)(C)C)CC21CCN(Cc2ccccc2)CC1. The second-order valence-electron chi connectivity index (χ2n) is 10.9. The number of aromatic nitrogens is 1. The Balaban J connectivity index is 0.00000186. The van der Waals surface area contributed by atoms with Crippen molar-refractivity contribution < 1.29 is 14.3 Å². The Labute approximate surface area is 222 Å². The summed E-state index contributed by atoms with van der Waals surface area (Å²) in [7, 11) is 0. The van der Waals surface area contributed by atoms with Gasteiger partial charge in [-0.25, -0.2) is 4.79 Å². The summed E-state index contributed by atoms with van der Waals surface area (Å²) in [5.74, 6) is 0.0427. The van der Waals surface area contributed by atoms with Crippen molar-refractivity contribution >= 4 is 12.0 Å². The normalized spacial score (nSPS) is 16.9. The number of rotatable bonds is 5. The number of hydrogen-bond acceptors (Lipinski definition) is 5. The molecule has 1 aromatic heterocycles. The number of benzene rings is 1. The molecule has 1 aromatic carbocycles. The van der Waals surface area contributed by atoms with Crippen LogP contribution in [0.15, 0.2) is 42.5 Å². The van der Waals surface area contributed by atoms with Crippen LogP contribution in [0.3, 0.4) is 0 Å². The number of amides is 2. The fraction of sp³-hybridized carbons (Fsp3) is 0.567. The van der Waals surface area contributed by atoms with Gasteiger partial charge in [-0.05, 0) is 70.8 Å². The predicted molar refractivity (Wildman–Crippen MR) is 147 cm³/mol.